The van der Waals surface area contributed by atoms with Crippen LogP contribution < -0.4 is 21.5 Å². The standard InChI is InChI=1S/C25H22N4O3.C14H22N2/c1-16(17-8-9-23-20(13-17)19-6-2-3-7-22(19)32-23)28-21-15-27-24(18-5-4-10-26-14-18)29(11-12-30)25(21)31;1-5-12(3)14-6-7-16-10-13(14)8-11(2)9-15-4/h2-10,12-13,15-16,26,28H,11,14H2,1H3;6-8,10,12,15H,5,9H2,1-4H3/b;11-8+/t;12-/m.1/s1. The van der Waals surface area contributed by atoms with E-state index in [0.29, 0.717) is 30.3 Å². The third kappa shape index (κ3) is 7.81. The molecule has 0 bridgehead atoms. The highest BCUT2D eigenvalue weighted by molar-refractivity contribution is 6.05. The number of para-hydroxylation sites is 1. The largest absolute Gasteiger partial charge is 0.456 e. The zero-order valence-electron chi connectivity index (χ0n) is 28.3. The van der Waals surface area contributed by atoms with Crippen LogP contribution in [0.25, 0.3) is 33.6 Å². The predicted octanol–water partition coefficient (Wildman–Crippen LogP) is 7.23. The summed E-state index contributed by atoms with van der Waals surface area (Å²) in [7, 11) is 1.97. The number of furan rings is 1. The van der Waals surface area contributed by atoms with Crippen LogP contribution in [0.15, 0.2) is 100 Å². The second kappa shape index (κ2) is 16.0. The molecule has 3 N–H and O–H groups in total. The Labute approximate surface area is 281 Å². The number of anilines is 1. The number of allylic oxidation sites excluding steroid dienone is 2. The van der Waals surface area contributed by atoms with Crippen LogP contribution in [0.3, 0.4) is 0 Å². The van der Waals surface area contributed by atoms with E-state index in [2.05, 4.69) is 64.9 Å². The number of nitrogens with one attached hydrogen (secondary N) is 3. The molecule has 2 atom stereocenters. The van der Waals surface area contributed by atoms with Gasteiger partial charge in [-0.15, -0.1) is 0 Å². The van der Waals surface area contributed by atoms with E-state index in [0.717, 1.165) is 46.0 Å². The molecule has 6 rings (SSSR count). The Morgan fingerprint density at radius 1 is 1.10 bits per heavy atom. The first-order chi connectivity index (χ1) is 23.3. The minimum absolute atomic E-state index is 0.0565. The number of aromatic nitrogens is 3. The zero-order chi connectivity index (χ0) is 34.0. The number of carbonyl (C=O) groups is 1. The van der Waals surface area contributed by atoms with Crippen LogP contribution in [-0.2, 0) is 11.3 Å². The van der Waals surface area contributed by atoms with Gasteiger partial charge in [0.25, 0.3) is 5.56 Å². The van der Waals surface area contributed by atoms with Crippen molar-refractivity contribution in [1.82, 2.24) is 25.2 Å². The number of pyridine rings is 1. The number of fused-ring (bicyclic) bond motifs is 3. The number of hydrogen-bond donors (Lipinski definition) is 3. The summed E-state index contributed by atoms with van der Waals surface area (Å²) in [5.74, 6) is 1.08. The fraction of sp³-hybridized carbons (Fsp3) is 0.282. The molecule has 2 aromatic carbocycles. The van der Waals surface area contributed by atoms with Gasteiger partial charge in [-0.1, -0.05) is 55.8 Å². The summed E-state index contributed by atoms with van der Waals surface area (Å²) < 4.78 is 7.31. The summed E-state index contributed by atoms with van der Waals surface area (Å²) in [6.45, 7) is 10.0. The highest BCUT2D eigenvalue weighted by atomic mass is 16.3. The van der Waals surface area contributed by atoms with Crippen molar-refractivity contribution in [3.63, 3.8) is 0 Å². The number of aldehydes is 1. The van der Waals surface area contributed by atoms with Gasteiger partial charge in [0.05, 0.1) is 12.7 Å². The molecule has 0 amide bonds. The van der Waals surface area contributed by atoms with Gasteiger partial charge < -0.3 is 25.2 Å². The molecule has 0 saturated heterocycles. The van der Waals surface area contributed by atoms with Crippen molar-refractivity contribution in [3.8, 4) is 0 Å². The topological polar surface area (TPSA) is 114 Å². The van der Waals surface area contributed by atoms with E-state index in [4.69, 9.17) is 4.42 Å². The predicted molar refractivity (Wildman–Crippen MR) is 196 cm³/mol. The number of hydrogen-bond acceptors (Lipinski definition) is 8. The van der Waals surface area contributed by atoms with E-state index in [-0.39, 0.29) is 18.1 Å². The monoisotopic (exact) mass is 644 g/mol. The van der Waals surface area contributed by atoms with Gasteiger partial charge in [0.1, 0.15) is 29.0 Å². The molecule has 248 valence electrons. The van der Waals surface area contributed by atoms with E-state index < -0.39 is 0 Å². The van der Waals surface area contributed by atoms with Crippen LogP contribution in [0.2, 0.25) is 0 Å². The maximum atomic E-state index is 13.2. The van der Waals surface area contributed by atoms with E-state index in [1.165, 1.54) is 21.3 Å². The highest BCUT2D eigenvalue weighted by Crippen LogP contribution is 2.31. The van der Waals surface area contributed by atoms with E-state index in [9.17, 15) is 9.59 Å². The summed E-state index contributed by atoms with van der Waals surface area (Å²) in [4.78, 5) is 33.1. The van der Waals surface area contributed by atoms with Gasteiger partial charge in [0, 0.05) is 47.9 Å². The maximum absolute atomic E-state index is 13.2. The lowest BCUT2D eigenvalue weighted by Gasteiger charge is -2.19. The van der Waals surface area contributed by atoms with Gasteiger partial charge >= 0.3 is 0 Å². The van der Waals surface area contributed by atoms with Crippen LogP contribution in [0.4, 0.5) is 5.69 Å². The number of likely N-dealkylation sites (N-methyl/N-ethyl adjacent to an activating group) is 1. The number of carbonyl (C=O) groups excluding carboxylic acids is 1. The highest BCUT2D eigenvalue weighted by Gasteiger charge is 2.17. The number of dihydropyridines is 1. The van der Waals surface area contributed by atoms with Crippen LogP contribution in [0.1, 0.15) is 68.6 Å². The molecule has 9 heteroatoms. The van der Waals surface area contributed by atoms with Gasteiger partial charge in [-0.3, -0.25) is 14.3 Å². The maximum Gasteiger partial charge on any atom is 0.277 e. The minimum atomic E-state index is -0.278. The summed E-state index contributed by atoms with van der Waals surface area (Å²) in [6, 6.07) is 15.9. The number of nitrogens with zero attached hydrogens (tertiary/aromatic N) is 3. The first-order valence-electron chi connectivity index (χ1n) is 16.4. The van der Waals surface area contributed by atoms with Gasteiger partial charge in [-0.2, -0.15) is 0 Å². The quantitative estimate of drug-likeness (QED) is 0.129. The molecule has 0 fully saturated rings. The summed E-state index contributed by atoms with van der Waals surface area (Å²) in [5.41, 5.74) is 7.59. The lowest BCUT2D eigenvalue weighted by atomic mass is 9.94. The molecular formula is C39H44N6O3. The van der Waals surface area contributed by atoms with Crippen molar-refractivity contribution in [2.75, 3.05) is 25.5 Å². The molecule has 1 unspecified atom stereocenters. The minimum Gasteiger partial charge on any atom is -0.456 e. The molecule has 1 aliphatic heterocycles. The van der Waals surface area contributed by atoms with Crippen molar-refractivity contribution in [3.05, 3.63) is 124 Å². The molecular weight excluding hydrogens is 600 g/mol. The molecule has 1 aliphatic rings. The third-order valence-electron chi connectivity index (χ3n) is 8.56. The van der Waals surface area contributed by atoms with Crippen molar-refractivity contribution < 1.29 is 9.21 Å². The van der Waals surface area contributed by atoms with Gasteiger partial charge in [-0.05, 0) is 86.5 Å². The van der Waals surface area contributed by atoms with Gasteiger partial charge in [-0.25, -0.2) is 4.98 Å². The lowest BCUT2D eigenvalue weighted by molar-refractivity contribution is -0.108. The first-order valence-corrected chi connectivity index (χ1v) is 16.4. The number of rotatable bonds is 11. The normalized spacial score (nSPS) is 14.1. The van der Waals surface area contributed by atoms with E-state index >= 15 is 0 Å². The Hall–Kier alpha value is -5.28. The van der Waals surface area contributed by atoms with Crippen molar-refractivity contribution >= 4 is 45.6 Å². The van der Waals surface area contributed by atoms with E-state index in [1.807, 2.05) is 81.1 Å². The molecule has 9 nitrogen and oxygen atoms in total. The molecule has 0 radical (unpaired) electrons. The lowest BCUT2D eigenvalue weighted by Crippen LogP contribution is -2.30. The summed E-state index contributed by atoms with van der Waals surface area (Å²) in [6.07, 6.45) is 15.0. The first kappa shape index (κ1) is 34.1. The van der Waals surface area contributed by atoms with Crippen LogP contribution >= 0.6 is 0 Å². The van der Waals surface area contributed by atoms with Gasteiger partial charge in [0.2, 0.25) is 0 Å². The Balaban J connectivity index is 0.000000238. The average Bonchev–Trinajstić information content (AvgIpc) is 3.49. The molecule has 0 saturated carbocycles. The van der Waals surface area contributed by atoms with Crippen LogP contribution in [0.5, 0.6) is 0 Å². The second-order valence-corrected chi connectivity index (χ2v) is 12.1. The smallest absolute Gasteiger partial charge is 0.277 e. The Kier molecular flexibility index (Phi) is 11.4. The molecule has 0 aliphatic carbocycles. The second-order valence-electron chi connectivity index (χ2n) is 12.1. The van der Waals surface area contributed by atoms with Crippen molar-refractivity contribution in [1.29, 1.82) is 0 Å². The zero-order valence-corrected chi connectivity index (χ0v) is 28.3. The fourth-order valence-corrected chi connectivity index (χ4v) is 5.84. The molecule has 5 aromatic rings. The van der Waals surface area contributed by atoms with Crippen LogP contribution in [0, 0.1) is 0 Å². The Morgan fingerprint density at radius 2 is 1.92 bits per heavy atom. The average molecular weight is 645 g/mol. The molecule has 3 aromatic heterocycles. The Bertz CT molecular complexity index is 2040. The summed E-state index contributed by atoms with van der Waals surface area (Å²) >= 11 is 0. The van der Waals surface area contributed by atoms with Crippen molar-refractivity contribution in [2.24, 2.45) is 0 Å². The fourth-order valence-electron chi connectivity index (χ4n) is 5.84. The number of benzene rings is 2. The molecule has 4 heterocycles. The van der Waals surface area contributed by atoms with Crippen molar-refractivity contribution in [2.45, 2.75) is 52.6 Å². The Morgan fingerprint density at radius 3 is 2.67 bits per heavy atom. The molecule has 48 heavy (non-hydrogen) atoms. The SMILES string of the molecule is CC(Nc1cnc(C2=CC=CNC2)n(CC=O)c1=O)c1ccc2oc3ccccc3c2c1.CC[C@@H](C)c1ccncc1/C=C(\C)CNC. The third-order valence-corrected chi connectivity index (χ3v) is 8.56. The van der Waals surface area contributed by atoms with Gasteiger partial charge in [0.15, 0.2) is 0 Å². The van der Waals surface area contributed by atoms with E-state index in [1.54, 1.807) is 6.20 Å². The summed E-state index contributed by atoms with van der Waals surface area (Å²) in [5, 5.41) is 11.6. The molecule has 0 spiro atoms. The van der Waals surface area contributed by atoms with Crippen LogP contribution in [-0.4, -0.2) is 41.0 Å².